The Kier molecular flexibility index (Phi) is 4.70. The van der Waals surface area contributed by atoms with E-state index in [1.54, 1.807) is 6.92 Å². The highest BCUT2D eigenvalue weighted by atomic mass is 16.4. The lowest BCUT2D eigenvalue weighted by Crippen LogP contribution is -2.30. The van der Waals surface area contributed by atoms with Gasteiger partial charge in [0.1, 0.15) is 0 Å². The van der Waals surface area contributed by atoms with Crippen molar-refractivity contribution in [3.05, 3.63) is 0 Å². The van der Waals surface area contributed by atoms with Crippen LogP contribution in [0.1, 0.15) is 40.5 Å². The van der Waals surface area contributed by atoms with Gasteiger partial charge in [0.05, 0.1) is 5.92 Å². The number of carboxylic acid groups (broad SMARTS) is 1. The summed E-state index contributed by atoms with van der Waals surface area (Å²) in [5.41, 5.74) is -0.518. The van der Waals surface area contributed by atoms with Gasteiger partial charge in [0.2, 0.25) is 0 Å². The summed E-state index contributed by atoms with van der Waals surface area (Å²) in [6.45, 7) is 7.77. The molecule has 0 saturated carbocycles. The molecule has 0 radical (unpaired) electrons. The predicted molar refractivity (Wildman–Crippen MR) is 57.8 cm³/mol. The van der Waals surface area contributed by atoms with Gasteiger partial charge in [-0.15, -0.1) is 6.42 Å². The van der Waals surface area contributed by atoms with Crippen LogP contribution in [0.25, 0.3) is 0 Å². The Labute approximate surface area is 86.7 Å². The third-order valence-corrected chi connectivity index (χ3v) is 2.90. The van der Waals surface area contributed by atoms with Crippen molar-refractivity contribution in [1.82, 2.24) is 0 Å². The second-order valence-electron chi connectivity index (χ2n) is 4.55. The molecule has 0 fully saturated rings. The third kappa shape index (κ3) is 3.41. The van der Waals surface area contributed by atoms with Gasteiger partial charge >= 0.3 is 5.97 Å². The first-order valence-electron chi connectivity index (χ1n) is 5.04. The van der Waals surface area contributed by atoms with E-state index in [2.05, 4.69) is 19.8 Å². The Bertz CT molecular complexity index is 237. The van der Waals surface area contributed by atoms with Crippen LogP contribution < -0.4 is 0 Å². The van der Waals surface area contributed by atoms with E-state index in [0.29, 0.717) is 5.92 Å². The van der Waals surface area contributed by atoms with E-state index in [0.717, 1.165) is 12.8 Å². The zero-order chi connectivity index (χ0) is 11.4. The SMILES string of the molecule is C#CC(C)(CCC(C)C)C(C)C(=O)O. The summed E-state index contributed by atoms with van der Waals surface area (Å²) in [5.74, 6) is 1.90. The molecule has 2 heteroatoms. The molecular formula is C12H20O2. The van der Waals surface area contributed by atoms with Crippen molar-refractivity contribution < 1.29 is 9.90 Å². The second-order valence-corrected chi connectivity index (χ2v) is 4.55. The lowest BCUT2D eigenvalue weighted by Gasteiger charge is -2.28. The molecule has 0 aliphatic carbocycles. The topological polar surface area (TPSA) is 37.3 Å². The molecule has 0 amide bonds. The van der Waals surface area contributed by atoms with Crippen LogP contribution in [-0.2, 0) is 4.79 Å². The highest BCUT2D eigenvalue weighted by Gasteiger charge is 2.33. The number of hydrogen-bond acceptors (Lipinski definition) is 1. The smallest absolute Gasteiger partial charge is 0.307 e. The molecule has 0 aromatic carbocycles. The van der Waals surface area contributed by atoms with Gasteiger partial charge in [0.25, 0.3) is 0 Å². The lowest BCUT2D eigenvalue weighted by atomic mass is 9.74. The van der Waals surface area contributed by atoms with Crippen molar-refractivity contribution in [2.24, 2.45) is 17.3 Å². The van der Waals surface area contributed by atoms with Crippen molar-refractivity contribution >= 4 is 5.97 Å². The van der Waals surface area contributed by atoms with Crippen LogP contribution >= 0.6 is 0 Å². The standard InChI is InChI=1S/C12H20O2/c1-6-12(5,8-7-9(2)3)10(4)11(13)14/h1,9-10H,7-8H2,2-5H3,(H,13,14). The average Bonchev–Trinajstić information content (AvgIpc) is 2.12. The van der Waals surface area contributed by atoms with Gasteiger partial charge in [0, 0.05) is 5.41 Å². The minimum Gasteiger partial charge on any atom is -0.481 e. The van der Waals surface area contributed by atoms with Crippen molar-refractivity contribution in [1.29, 1.82) is 0 Å². The quantitative estimate of drug-likeness (QED) is 0.686. The van der Waals surface area contributed by atoms with Crippen LogP contribution in [0.15, 0.2) is 0 Å². The molecule has 14 heavy (non-hydrogen) atoms. The molecule has 0 aliphatic heterocycles. The minimum absolute atomic E-state index is 0.480. The molecular weight excluding hydrogens is 176 g/mol. The van der Waals surface area contributed by atoms with Gasteiger partial charge in [-0.3, -0.25) is 4.79 Å². The van der Waals surface area contributed by atoms with Gasteiger partial charge in [-0.05, 0) is 25.7 Å². The molecule has 2 nitrogen and oxygen atoms in total. The van der Waals surface area contributed by atoms with E-state index in [-0.39, 0.29) is 0 Å². The normalized spacial score (nSPS) is 17.1. The molecule has 2 unspecified atom stereocenters. The van der Waals surface area contributed by atoms with Crippen molar-refractivity contribution in [3.63, 3.8) is 0 Å². The highest BCUT2D eigenvalue weighted by molar-refractivity contribution is 5.71. The Morgan fingerprint density at radius 3 is 2.29 bits per heavy atom. The molecule has 0 rings (SSSR count). The minimum atomic E-state index is -0.811. The monoisotopic (exact) mass is 196 g/mol. The highest BCUT2D eigenvalue weighted by Crippen LogP contribution is 2.33. The number of rotatable bonds is 5. The average molecular weight is 196 g/mol. The molecule has 0 aliphatic rings. The molecule has 1 N–H and O–H groups in total. The summed E-state index contributed by atoms with van der Waals surface area (Å²) in [4.78, 5) is 10.9. The van der Waals surface area contributed by atoms with E-state index >= 15 is 0 Å². The summed E-state index contributed by atoms with van der Waals surface area (Å²) in [7, 11) is 0. The first-order chi connectivity index (χ1) is 6.33. The Morgan fingerprint density at radius 1 is 1.50 bits per heavy atom. The Hall–Kier alpha value is -0.970. The maximum absolute atomic E-state index is 10.9. The van der Waals surface area contributed by atoms with Crippen LogP contribution in [-0.4, -0.2) is 11.1 Å². The lowest BCUT2D eigenvalue weighted by molar-refractivity contribution is -0.144. The van der Waals surface area contributed by atoms with Crippen LogP contribution in [0.5, 0.6) is 0 Å². The van der Waals surface area contributed by atoms with Gasteiger partial charge in [-0.2, -0.15) is 0 Å². The number of terminal acetylenes is 1. The fourth-order valence-corrected chi connectivity index (χ4v) is 1.27. The van der Waals surface area contributed by atoms with E-state index < -0.39 is 17.3 Å². The molecule has 0 bridgehead atoms. The number of carbonyl (C=O) groups is 1. The van der Waals surface area contributed by atoms with Crippen molar-refractivity contribution in [2.45, 2.75) is 40.5 Å². The molecule has 0 heterocycles. The van der Waals surface area contributed by atoms with Gasteiger partial charge in [-0.1, -0.05) is 26.7 Å². The summed E-state index contributed by atoms with van der Waals surface area (Å²) in [5, 5.41) is 8.92. The summed E-state index contributed by atoms with van der Waals surface area (Å²) < 4.78 is 0. The Balaban J connectivity index is 4.49. The molecule has 0 spiro atoms. The maximum Gasteiger partial charge on any atom is 0.307 e. The van der Waals surface area contributed by atoms with Crippen LogP contribution in [0.3, 0.4) is 0 Å². The third-order valence-electron chi connectivity index (χ3n) is 2.90. The van der Waals surface area contributed by atoms with Crippen LogP contribution in [0.2, 0.25) is 0 Å². The van der Waals surface area contributed by atoms with Gasteiger partial charge in [0.15, 0.2) is 0 Å². The van der Waals surface area contributed by atoms with Crippen LogP contribution in [0.4, 0.5) is 0 Å². The van der Waals surface area contributed by atoms with Crippen LogP contribution in [0, 0.1) is 29.6 Å². The van der Waals surface area contributed by atoms with E-state index in [4.69, 9.17) is 11.5 Å². The van der Waals surface area contributed by atoms with E-state index in [1.807, 2.05) is 6.92 Å². The fourth-order valence-electron chi connectivity index (χ4n) is 1.27. The summed E-state index contributed by atoms with van der Waals surface area (Å²) in [6.07, 6.45) is 7.16. The first-order valence-corrected chi connectivity index (χ1v) is 5.04. The van der Waals surface area contributed by atoms with E-state index in [1.165, 1.54) is 0 Å². The molecule has 80 valence electrons. The first kappa shape index (κ1) is 13.0. The molecule has 0 aromatic rings. The van der Waals surface area contributed by atoms with E-state index in [9.17, 15) is 4.79 Å². The predicted octanol–water partition coefficient (Wildman–Crippen LogP) is 2.78. The maximum atomic E-state index is 10.9. The summed E-state index contributed by atoms with van der Waals surface area (Å²) in [6, 6.07) is 0. The molecule has 0 aromatic heterocycles. The summed E-state index contributed by atoms with van der Waals surface area (Å²) >= 11 is 0. The largest absolute Gasteiger partial charge is 0.481 e. The molecule has 0 saturated heterocycles. The van der Waals surface area contributed by atoms with Crippen molar-refractivity contribution in [3.8, 4) is 12.3 Å². The zero-order valence-electron chi connectivity index (χ0n) is 9.50. The fraction of sp³-hybridized carbons (Fsp3) is 0.750. The molecule has 2 atom stereocenters. The van der Waals surface area contributed by atoms with Crippen molar-refractivity contribution in [2.75, 3.05) is 0 Å². The van der Waals surface area contributed by atoms with Gasteiger partial charge in [-0.25, -0.2) is 0 Å². The zero-order valence-corrected chi connectivity index (χ0v) is 9.50. The number of aliphatic carboxylic acids is 1. The van der Waals surface area contributed by atoms with Gasteiger partial charge < -0.3 is 5.11 Å². The Morgan fingerprint density at radius 2 is 2.00 bits per heavy atom. The number of hydrogen-bond donors (Lipinski definition) is 1. The second kappa shape index (κ2) is 5.05. The number of carboxylic acids is 1.